The Morgan fingerprint density at radius 1 is 1.53 bits per heavy atom. The van der Waals surface area contributed by atoms with Gasteiger partial charge in [-0.05, 0) is 25.1 Å². The Hall–Kier alpha value is -1.40. The number of hydrogen-bond acceptors (Lipinski definition) is 3. The van der Waals surface area contributed by atoms with Gasteiger partial charge in [0.25, 0.3) is 0 Å². The molecule has 0 fully saturated rings. The van der Waals surface area contributed by atoms with E-state index in [-0.39, 0.29) is 6.04 Å². The van der Waals surface area contributed by atoms with Gasteiger partial charge in [-0.15, -0.1) is 0 Å². The number of rotatable bonds is 3. The topological polar surface area (TPSA) is 36.3 Å². The normalized spacial score (nSPS) is 11.7. The summed E-state index contributed by atoms with van der Waals surface area (Å²) in [5, 5.41) is 9.34. The molecule has 0 spiro atoms. The Kier molecular flexibility index (Phi) is 3.81. The number of methoxy groups -OCH3 is 1. The van der Waals surface area contributed by atoms with Crippen LogP contribution in [0.2, 0.25) is 5.02 Å². The van der Waals surface area contributed by atoms with Crippen LogP contribution >= 0.6 is 11.6 Å². The van der Waals surface area contributed by atoms with E-state index < -0.39 is 0 Å². The molecule has 0 saturated heterocycles. The molecule has 80 valence electrons. The maximum atomic E-state index is 8.79. The third-order valence-electron chi connectivity index (χ3n) is 2.31. The van der Waals surface area contributed by atoms with Gasteiger partial charge in [0.2, 0.25) is 0 Å². The van der Waals surface area contributed by atoms with Crippen molar-refractivity contribution in [3.8, 4) is 11.8 Å². The van der Waals surface area contributed by atoms with E-state index in [0.717, 1.165) is 5.69 Å². The van der Waals surface area contributed by atoms with Gasteiger partial charge in [-0.1, -0.05) is 11.6 Å². The molecule has 1 atom stereocenters. The zero-order chi connectivity index (χ0) is 11.4. The van der Waals surface area contributed by atoms with Crippen LogP contribution < -0.4 is 9.64 Å². The van der Waals surface area contributed by atoms with Crippen LogP contribution in [0.1, 0.15) is 6.92 Å². The number of nitriles is 1. The summed E-state index contributed by atoms with van der Waals surface area (Å²) in [5.41, 5.74) is 0.898. The number of anilines is 1. The van der Waals surface area contributed by atoms with Crippen molar-refractivity contribution >= 4 is 17.3 Å². The van der Waals surface area contributed by atoms with Crippen molar-refractivity contribution in [2.45, 2.75) is 13.0 Å². The Labute approximate surface area is 94.8 Å². The minimum atomic E-state index is -0.186. The zero-order valence-corrected chi connectivity index (χ0v) is 9.75. The minimum Gasteiger partial charge on any atom is -0.495 e. The van der Waals surface area contributed by atoms with E-state index >= 15 is 0 Å². The average Bonchev–Trinajstić information content (AvgIpc) is 2.26. The zero-order valence-electron chi connectivity index (χ0n) is 8.99. The largest absolute Gasteiger partial charge is 0.495 e. The minimum absolute atomic E-state index is 0.186. The van der Waals surface area contributed by atoms with Crippen molar-refractivity contribution in [2.24, 2.45) is 0 Å². The molecule has 0 aromatic heterocycles. The van der Waals surface area contributed by atoms with Crippen LogP contribution in [0.5, 0.6) is 5.75 Å². The van der Waals surface area contributed by atoms with Gasteiger partial charge in [0.1, 0.15) is 11.8 Å². The quantitative estimate of drug-likeness (QED) is 0.792. The highest BCUT2D eigenvalue weighted by atomic mass is 35.5. The first-order valence-corrected chi connectivity index (χ1v) is 4.94. The Balaban J connectivity index is 2.98. The predicted molar refractivity (Wildman–Crippen MR) is 61.5 cm³/mol. The highest BCUT2D eigenvalue weighted by Crippen LogP contribution is 2.29. The number of nitrogens with zero attached hydrogens (tertiary/aromatic N) is 2. The van der Waals surface area contributed by atoms with Crippen molar-refractivity contribution in [3.05, 3.63) is 23.2 Å². The highest BCUT2D eigenvalue weighted by Gasteiger charge is 2.10. The molecule has 0 heterocycles. The van der Waals surface area contributed by atoms with Gasteiger partial charge in [-0.25, -0.2) is 0 Å². The fourth-order valence-corrected chi connectivity index (χ4v) is 1.44. The second-order valence-corrected chi connectivity index (χ2v) is 3.64. The second-order valence-electron chi connectivity index (χ2n) is 3.23. The lowest BCUT2D eigenvalue weighted by Gasteiger charge is -2.22. The fourth-order valence-electron chi connectivity index (χ4n) is 1.18. The van der Waals surface area contributed by atoms with Crippen molar-refractivity contribution in [2.75, 3.05) is 19.1 Å². The van der Waals surface area contributed by atoms with Crippen LogP contribution in [-0.4, -0.2) is 20.2 Å². The third kappa shape index (κ3) is 2.54. The van der Waals surface area contributed by atoms with Gasteiger partial charge in [0.05, 0.1) is 18.2 Å². The summed E-state index contributed by atoms with van der Waals surface area (Å²) in [6, 6.07) is 7.43. The molecular weight excluding hydrogens is 212 g/mol. The first-order valence-electron chi connectivity index (χ1n) is 4.56. The fraction of sp³-hybridized carbons (Fsp3) is 0.364. The van der Waals surface area contributed by atoms with E-state index in [9.17, 15) is 0 Å². The molecule has 0 bridgehead atoms. The number of ether oxygens (including phenoxy) is 1. The maximum Gasteiger partial charge on any atom is 0.137 e. The van der Waals surface area contributed by atoms with E-state index in [1.54, 1.807) is 19.2 Å². The SMILES string of the molecule is COc1ccc(N(C)C(C)C#N)cc1Cl. The van der Waals surface area contributed by atoms with Gasteiger partial charge in [0, 0.05) is 12.7 Å². The number of halogens is 1. The molecule has 0 aliphatic rings. The Morgan fingerprint density at radius 3 is 2.67 bits per heavy atom. The molecule has 0 N–H and O–H groups in total. The molecule has 1 rings (SSSR count). The van der Waals surface area contributed by atoms with E-state index in [2.05, 4.69) is 6.07 Å². The predicted octanol–water partition coefficient (Wildman–Crippen LogP) is 2.70. The molecule has 0 aliphatic carbocycles. The number of benzene rings is 1. The highest BCUT2D eigenvalue weighted by molar-refractivity contribution is 6.32. The van der Waals surface area contributed by atoms with E-state index in [4.69, 9.17) is 21.6 Å². The van der Waals surface area contributed by atoms with E-state index in [0.29, 0.717) is 10.8 Å². The van der Waals surface area contributed by atoms with E-state index in [1.165, 1.54) is 0 Å². The summed E-state index contributed by atoms with van der Waals surface area (Å²) in [6.07, 6.45) is 0. The Morgan fingerprint density at radius 2 is 2.20 bits per heavy atom. The molecule has 3 nitrogen and oxygen atoms in total. The average molecular weight is 225 g/mol. The summed E-state index contributed by atoms with van der Waals surface area (Å²) in [5.74, 6) is 0.637. The summed E-state index contributed by atoms with van der Waals surface area (Å²) in [6.45, 7) is 1.83. The van der Waals surface area contributed by atoms with E-state index in [1.807, 2.05) is 24.9 Å². The summed E-state index contributed by atoms with van der Waals surface area (Å²) in [4.78, 5) is 1.85. The lowest BCUT2D eigenvalue weighted by molar-refractivity contribution is 0.415. The second kappa shape index (κ2) is 4.90. The van der Waals surface area contributed by atoms with Crippen molar-refractivity contribution in [1.29, 1.82) is 5.26 Å². The monoisotopic (exact) mass is 224 g/mol. The summed E-state index contributed by atoms with van der Waals surface area (Å²) < 4.78 is 5.05. The van der Waals surface area contributed by atoms with Crippen LogP contribution in [0.4, 0.5) is 5.69 Å². The van der Waals surface area contributed by atoms with Crippen LogP contribution in [0.15, 0.2) is 18.2 Å². The molecule has 0 radical (unpaired) electrons. The molecule has 1 aromatic rings. The van der Waals surface area contributed by atoms with Gasteiger partial charge in [0.15, 0.2) is 0 Å². The number of hydrogen-bond donors (Lipinski definition) is 0. The molecule has 0 aliphatic heterocycles. The van der Waals surface area contributed by atoms with Crippen molar-refractivity contribution < 1.29 is 4.74 Å². The Bertz CT molecular complexity index is 387. The molecule has 1 unspecified atom stereocenters. The lowest BCUT2D eigenvalue weighted by atomic mass is 10.2. The third-order valence-corrected chi connectivity index (χ3v) is 2.61. The molecule has 0 saturated carbocycles. The van der Waals surface area contributed by atoms with Crippen LogP contribution in [0.3, 0.4) is 0 Å². The molecule has 1 aromatic carbocycles. The summed E-state index contributed by atoms with van der Waals surface area (Å²) in [7, 11) is 3.43. The van der Waals surface area contributed by atoms with Gasteiger partial charge >= 0.3 is 0 Å². The smallest absolute Gasteiger partial charge is 0.137 e. The van der Waals surface area contributed by atoms with Crippen LogP contribution in [-0.2, 0) is 0 Å². The van der Waals surface area contributed by atoms with Gasteiger partial charge in [-0.3, -0.25) is 0 Å². The molecule has 4 heteroatoms. The van der Waals surface area contributed by atoms with Crippen LogP contribution in [0.25, 0.3) is 0 Å². The first-order chi connectivity index (χ1) is 7.10. The standard InChI is InChI=1S/C11H13ClN2O/c1-8(7-13)14(2)9-4-5-11(15-3)10(12)6-9/h4-6,8H,1-3H3. The van der Waals surface area contributed by atoms with Crippen molar-refractivity contribution in [3.63, 3.8) is 0 Å². The molecule has 15 heavy (non-hydrogen) atoms. The molecular formula is C11H13ClN2O. The van der Waals surface area contributed by atoms with Gasteiger partial charge in [-0.2, -0.15) is 5.26 Å². The summed E-state index contributed by atoms with van der Waals surface area (Å²) >= 11 is 5.99. The van der Waals surface area contributed by atoms with Crippen molar-refractivity contribution in [1.82, 2.24) is 0 Å². The lowest BCUT2D eigenvalue weighted by Crippen LogP contribution is -2.26. The maximum absolute atomic E-state index is 8.79. The van der Waals surface area contributed by atoms with Crippen LogP contribution in [0, 0.1) is 11.3 Å². The first kappa shape index (κ1) is 11.7. The van der Waals surface area contributed by atoms with Gasteiger partial charge < -0.3 is 9.64 Å². The molecule has 0 amide bonds.